The molecule has 10 nitrogen and oxygen atoms in total. The summed E-state index contributed by atoms with van der Waals surface area (Å²) < 4.78 is 5.96. The van der Waals surface area contributed by atoms with Crippen molar-refractivity contribution in [3.8, 4) is 16.9 Å². The van der Waals surface area contributed by atoms with Crippen molar-refractivity contribution >= 4 is 29.1 Å². The predicted molar refractivity (Wildman–Crippen MR) is 179 cm³/mol. The van der Waals surface area contributed by atoms with Crippen LogP contribution in [0.15, 0.2) is 30.3 Å². The van der Waals surface area contributed by atoms with E-state index in [1.807, 2.05) is 37.2 Å². The molecule has 0 aromatic heterocycles. The first-order chi connectivity index (χ1) is 21.7. The average Bonchev–Trinajstić information content (AvgIpc) is 3.40. The third-order valence-corrected chi connectivity index (χ3v) is 11.4. The van der Waals surface area contributed by atoms with E-state index < -0.39 is 24.2 Å². The highest BCUT2D eigenvalue weighted by molar-refractivity contribution is 6.31. The Labute approximate surface area is 277 Å². The molecule has 2 aromatic rings. The number of fused-ring (bicyclic) bond motifs is 2. The number of ether oxygens (including phenoxy) is 1. The van der Waals surface area contributed by atoms with Crippen LogP contribution in [0.5, 0.6) is 5.75 Å². The van der Waals surface area contributed by atoms with Crippen LogP contribution in [-0.4, -0.2) is 86.2 Å². The van der Waals surface area contributed by atoms with Gasteiger partial charge >= 0.3 is 0 Å². The number of hydroxylamine groups is 2. The van der Waals surface area contributed by atoms with Gasteiger partial charge in [-0.2, -0.15) is 5.06 Å². The second kappa shape index (κ2) is 13.3. The molecule has 8 atom stereocenters. The molecule has 1 heterocycles. The molecule has 4 aliphatic rings. The van der Waals surface area contributed by atoms with Crippen molar-refractivity contribution in [2.45, 2.75) is 71.4 Å². The van der Waals surface area contributed by atoms with Crippen LogP contribution in [0.1, 0.15) is 56.5 Å². The van der Waals surface area contributed by atoms with Crippen LogP contribution in [-0.2, 0) is 16.2 Å². The number of nitrogens with zero attached hydrogens (tertiary/aromatic N) is 2. The highest BCUT2D eigenvalue weighted by Gasteiger charge is 2.57. The van der Waals surface area contributed by atoms with Gasteiger partial charge < -0.3 is 30.5 Å². The highest BCUT2D eigenvalue weighted by Crippen LogP contribution is 2.61. The summed E-state index contributed by atoms with van der Waals surface area (Å²) in [5, 5.41) is 29.1. The summed E-state index contributed by atoms with van der Waals surface area (Å²) in [6.07, 6.45) is 0.401. The molecule has 11 heteroatoms. The largest absolute Gasteiger partial charge is 0.496 e. The number of methoxy groups -OCH3 is 1. The van der Waals surface area contributed by atoms with E-state index in [0.717, 1.165) is 17.7 Å². The number of amides is 2. The molecule has 2 amide bonds. The lowest BCUT2D eigenvalue weighted by Crippen LogP contribution is -2.62. The quantitative estimate of drug-likeness (QED) is 0.302. The van der Waals surface area contributed by atoms with Gasteiger partial charge in [0.15, 0.2) is 0 Å². The van der Waals surface area contributed by atoms with Crippen LogP contribution in [0.4, 0.5) is 5.69 Å². The Kier molecular flexibility index (Phi) is 9.97. The number of anilines is 1. The van der Waals surface area contributed by atoms with Crippen molar-refractivity contribution in [2.75, 3.05) is 39.8 Å². The lowest BCUT2D eigenvalue weighted by molar-refractivity contribution is -0.183. The molecule has 1 aliphatic heterocycles. The Hall–Kier alpha value is -2.89. The Morgan fingerprint density at radius 1 is 1.22 bits per heavy atom. The van der Waals surface area contributed by atoms with E-state index in [4.69, 9.17) is 21.2 Å². The van der Waals surface area contributed by atoms with E-state index in [-0.39, 0.29) is 36.4 Å². The van der Waals surface area contributed by atoms with Gasteiger partial charge in [0, 0.05) is 60.5 Å². The molecule has 6 rings (SSSR count). The first kappa shape index (κ1) is 34.4. The number of hydrogen-bond acceptors (Lipinski definition) is 8. The van der Waals surface area contributed by atoms with E-state index in [1.165, 1.54) is 11.5 Å². The standard InChI is InChI=1S/C35H49ClN4O6/c1-18-26-14-22(35(26,3)4)15-28(18)38-34(44)31-30(19(2)42)29(17-41)46-40(31)16-25-27(36)10-9-24(32(25)45-8)20-11-21(33(43)37-5)13-23(12-20)39(6)7/h9-13,18-19,22,26,28-31,41-42H,14-17H2,1-8H3,(H,37,43)(H,38,44)/t18-,19-,22+,26-,28-,29-,30+,31?/m0/s1. The summed E-state index contributed by atoms with van der Waals surface area (Å²) in [6, 6.07) is 8.32. The van der Waals surface area contributed by atoms with Gasteiger partial charge in [0.25, 0.3) is 5.91 Å². The Bertz CT molecular complexity index is 1460. The van der Waals surface area contributed by atoms with Crippen LogP contribution in [0, 0.1) is 29.1 Å². The zero-order valence-corrected chi connectivity index (χ0v) is 28.9. The van der Waals surface area contributed by atoms with Gasteiger partial charge in [-0.1, -0.05) is 32.4 Å². The van der Waals surface area contributed by atoms with Gasteiger partial charge in [-0.05, 0) is 78.8 Å². The van der Waals surface area contributed by atoms with E-state index in [2.05, 4.69) is 31.4 Å². The number of halogens is 1. The molecular formula is C35H49ClN4O6. The van der Waals surface area contributed by atoms with Crippen molar-refractivity contribution in [1.29, 1.82) is 0 Å². The smallest absolute Gasteiger partial charge is 0.251 e. The van der Waals surface area contributed by atoms with Gasteiger partial charge in [-0.15, -0.1) is 0 Å². The first-order valence-corrected chi connectivity index (χ1v) is 16.5. The molecule has 4 fully saturated rings. The minimum Gasteiger partial charge on any atom is -0.496 e. The Balaban J connectivity index is 1.50. The van der Waals surface area contributed by atoms with Crippen LogP contribution in [0.25, 0.3) is 11.1 Å². The number of aliphatic hydroxyl groups is 2. The minimum atomic E-state index is -0.922. The maximum Gasteiger partial charge on any atom is 0.251 e. The maximum absolute atomic E-state index is 14.1. The highest BCUT2D eigenvalue weighted by atomic mass is 35.5. The van der Waals surface area contributed by atoms with E-state index in [9.17, 15) is 19.8 Å². The molecule has 0 spiro atoms. The second-order valence-corrected chi connectivity index (χ2v) is 14.5. The average molecular weight is 657 g/mol. The van der Waals surface area contributed by atoms with Crippen molar-refractivity contribution in [3.05, 3.63) is 46.5 Å². The fraction of sp³-hybridized carbons (Fsp3) is 0.600. The van der Waals surface area contributed by atoms with Crippen LogP contribution >= 0.6 is 11.6 Å². The lowest BCUT2D eigenvalue weighted by atomic mass is 9.45. The molecule has 46 heavy (non-hydrogen) atoms. The molecule has 2 aromatic carbocycles. The number of aliphatic hydroxyl groups excluding tert-OH is 2. The van der Waals surface area contributed by atoms with E-state index in [0.29, 0.717) is 45.2 Å². The summed E-state index contributed by atoms with van der Waals surface area (Å²) in [5.74, 6) is 0.775. The van der Waals surface area contributed by atoms with E-state index in [1.54, 1.807) is 33.2 Å². The fourth-order valence-electron chi connectivity index (χ4n) is 8.15. The summed E-state index contributed by atoms with van der Waals surface area (Å²) in [4.78, 5) is 34.9. The lowest BCUT2D eigenvalue weighted by Gasteiger charge is -2.62. The first-order valence-electron chi connectivity index (χ1n) is 16.2. The molecular weight excluding hydrogens is 608 g/mol. The minimum absolute atomic E-state index is 0.0221. The zero-order chi connectivity index (χ0) is 33.7. The normalized spacial score (nSPS) is 29.1. The van der Waals surface area contributed by atoms with Crippen molar-refractivity contribution in [1.82, 2.24) is 15.7 Å². The second-order valence-electron chi connectivity index (χ2n) is 14.1. The Morgan fingerprint density at radius 2 is 1.93 bits per heavy atom. The summed E-state index contributed by atoms with van der Waals surface area (Å²) in [7, 11) is 6.95. The molecule has 3 saturated carbocycles. The fourth-order valence-corrected chi connectivity index (χ4v) is 8.36. The summed E-state index contributed by atoms with van der Waals surface area (Å²) in [5.41, 5.74) is 3.63. The van der Waals surface area contributed by atoms with Crippen molar-refractivity contribution in [2.24, 2.45) is 29.1 Å². The SMILES string of the molecule is CNC(=O)c1cc(-c2ccc(Cl)c(CN3O[C@@H](CO)[C@@H]([C@H](C)O)C3C(=O)N[C@H]3C[C@H]4C[C@@H]([C@@H]3C)C4(C)C)c2OC)cc(N(C)C)c1. The number of carbonyl (C=O) groups is 2. The molecule has 2 bridgehead atoms. The van der Waals surface area contributed by atoms with Crippen LogP contribution in [0.2, 0.25) is 5.02 Å². The van der Waals surface area contributed by atoms with Crippen LogP contribution < -0.4 is 20.3 Å². The third kappa shape index (κ3) is 6.10. The predicted octanol–water partition coefficient (Wildman–Crippen LogP) is 4.10. The van der Waals surface area contributed by atoms with Gasteiger partial charge in [0.2, 0.25) is 5.91 Å². The molecule has 1 saturated heterocycles. The Morgan fingerprint density at radius 3 is 2.50 bits per heavy atom. The van der Waals surface area contributed by atoms with Gasteiger partial charge in [0.1, 0.15) is 17.9 Å². The monoisotopic (exact) mass is 656 g/mol. The van der Waals surface area contributed by atoms with Crippen molar-refractivity contribution < 1.29 is 29.4 Å². The molecule has 4 N–H and O–H groups in total. The molecule has 1 unspecified atom stereocenters. The van der Waals surface area contributed by atoms with Gasteiger partial charge in [-0.25, -0.2) is 0 Å². The van der Waals surface area contributed by atoms with Crippen LogP contribution in [0.3, 0.4) is 0 Å². The number of benzene rings is 2. The maximum atomic E-state index is 14.1. The van der Waals surface area contributed by atoms with E-state index >= 15 is 0 Å². The summed E-state index contributed by atoms with van der Waals surface area (Å²) in [6.45, 7) is 8.18. The number of rotatable bonds is 10. The van der Waals surface area contributed by atoms with Crippen molar-refractivity contribution in [3.63, 3.8) is 0 Å². The van der Waals surface area contributed by atoms with Gasteiger partial charge in [0.05, 0.1) is 26.4 Å². The molecule has 0 radical (unpaired) electrons. The number of carbonyl (C=O) groups excluding carboxylic acids is 2. The summed E-state index contributed by atoms with van der Waals surface area (Å²) >= 11 is 6.82. The molecule has 3 aliphatic carbocycles. The number of hydrogen-bond donors (Lipinski definition) is 4. The number of nitrogens with one attached hydrogen (secondary N) is 2. The third-order valence-electron chi connectivity index (χ3n) is 11.0. The van der Waals surface area contributed by atoms with Gasteiger partial charge in [-0.3, -0.25) is 14.4 Å². The topological polar surface area (TPSA) is 124 Å². The zero-order valence-electron chi connectivity index (χ0n) is 28.1. The molecule has 252 valence electrons.